The number of halogens is 2. The molecule has 0 aromatic carbocycles. The number of aromatic nitrogens is 1. The summed E-state index contributed by atoms with van der Waals surface area (Å²) in [7, 11) is 0. The number of pyridine rings is 1. The molecule has 0 radical (unpaired) electrons. The van der Waals surface area contributed by atoms with E-state index < -0.39 is 0 Å². The van der Waals surface area contributed by atoms with Crippen LogP contribution in [0.15, 0.2) is 18.3 Å². The number of nitrogens with one attached hydrogen (secondary N) is 1. The van der Waals surface area contributed by atoms with Gasteiger partial charge in [0.2, 0.25) is 5.91 Å². The average Bonchev–Trinajstić information content (AvgIpc) is 3.10. The molecule has 0 unspecified atom stereocenters. The van der Waals surface area contributed by atoms with Gasteiger partial charge >= 0.3 is 0 Å². The third-order valence-corrected chi connectivity index (χ3v) is 4.27. The second-order valence-electron chi connectivity index (χ2n) is 5.90. The maximum absolute atomic E-state index is 12.1. The van der Waals surface area contributed by atoms with Crippen LogP contribution < -0.4 is 16.0 Å². The molecular weight excluding hydrogens is 367 g/mol. The standard InChI is InChI=1S/C16H24N4O3.2ClH/c17-10-13-1-2-14(23-13)16(21)19-11-12-3-4-18-15(9-12)20-5-7-22-8-6-20;;/h3-4,9,13-14H,1-2,5-8,10-11,17H2,(H,19,21);2*1H/t13-,14+;;/m1../s1. The maximum atomic E-state index is 12.1. The van der Waals surface area contributed by atoms with Crippen molar-refractivity contribution in [2.24, 2.45) is 5.73 Å². The number of hydrogen-bond donors (Lipinski definition) is 2. The summed E-state index contributed by atoms with van der Waals surface area (Å²) >= 11 is 0. The van der Waals surface area contributed by atoms with E-state index in [0.717, 1.165) is 50.5 Å². The summed E-state index contributed by atoms with van der Waals surface area (Å²) < 4.78 is 11.0. The first-order valence-corrected chi connectivity index (χ1v) is 8.17. The van der Waals surface area contributed by atoms with E-state index in [9.17, 15) is 4.79 Å². The van der Waals surface area contributed by atoms with Gasteiger partial charge in [-0.05, 0) is 30.5 Å². The van der Waals surface area contributed by atoms with Gasteiger partial charge in [0.1, 0.15) is 11.9 Å². The molecule has 0 aliphatic carbocycles. The van der Waals surface area contributed by atoms with Crippen LogP contribution in [0, 0.1) is 0 Å². The first-order chi connectivity index (χ1) is 11.3. The fraction of sp³-hybridized carbons (Fsp3) is 0.625. The number of anilines is 1. The molecule has 3 heterocycles. The van der Waals surface area contributed by atoms with Crippen LogP contribution in [-0.4, -0.2) is 55.9 Å². The first-order valence-electron chi connectivity index (χ1n) is 8.17. The minimum atomic E-state index is -0.371. The number of carbonyl (C=O) groups is 1. The molecule has 1 aromatic rings. The highest BCUT2D eigenvalue weighted by Crippen LogP contribution is 2.19. The van der Waals surface area contributed by atoms with Crippen molar-refractivity contribution >= 4 is 36.5 Å². The molecule has 25 heavy (non-hydrogen) atoms. The predicted molar refractivity (Wildman–Crippen MR) is 101 cm³/mol. The number of hydrogen-bond acceptors (Lipinski definition) is 6. The molecule has 2 aliphatic rings. The topological polar surface area (TPSA) is 89.7 Å². The number of morpholine rings is 1. The lowest BCUT2D eigenvalue weighted by Crippen LogP contribution is -2.37. The van der Waals surface area contributed by atoms with E-state index in [1.54, 1.807) is 6.20 Å². The van der Waals surface area contributed by atoms with Gasteiger partial charge in [0.25, 0.3) is 0 Å². The molecule has 2 saturated heterocycles. The summed E-state index contributed by atoms with van der Waals surface area (Å²) in [6.45, 7) is 4.09. The Morgan fingerprint density at radius 2 is 2.08 bits per heavy atom. The third-order valence-electron chi connectivity index (χ3n) is 4.27. The van der Waals surface area contributed by atoms with Crippen LogP contribution in [0.3, 0.4) is 0 Å². The minimum absolute atomic E-state index is 0. The van der Waals surface area contributed by atoms with Crippen molar-refractivity contribution in [1.82, 2.24) is 10.3 Å². The fourth-order valence-corrected chi connectivity index (χ4v) is 2.91. The number of nitrogens with two attached hydrogens (primary N) is 1. The molecule has 2 atom stereocenters. The Morgan fingerprint density at radius 3 is 2.76 bits per heavy atom. The smallest absolute Gasteiger partial charge is 0.249 e. The largest absolute Gasteiger partial charge is 0.378 e. The average molecular weight is 393 g/mol. The Bertz CT molecular complexity index is 544. The summed E-state index contributed by atoms with van der Waals surface area (Å²) in [5.74, 6) is 0.867. The maximum Gasteiger partial charge on any atom is 0.249 e. The van der Waals surface area contributed by atoms with Crippen LogP contribution in [0.5, 0.6) is 0 Å². The minimum Gasteiger partial charge on any atom is -0.378 e. The van der Waals surface area contributed by atoms with Crippen LogP contribution in [0.4, 0.5) is 5.82 Å². The molecule has 2 fully saturated rings. The molecule has 7 nitrogen and oxygen atoms in total. The van der Waals surface area contributed by atoms with Gasteiger partial charge in [0, 0.05) is 32.4 Å². The zero-order chi connectivity index (χ0) is 16.1. The summed E-state index contributed by atoms with van der Waals surface area (Å²) in [5.41, 5.74) is 6.60. The van der Waals surface area contributed by atoms with E-state index in [0.29, 0.717) is 13.1 Å². The van der Waals surface area contributed by atoms with Gasteiger partial charge < -0.3 is 25.4 Å². The number of rotatable bonds is 5. The molecule has 3 rings (SSSR count). The van der Waals surface area contributed by atoms with Crippen LogP contribution in [0.25, 0.3) is 0 Å². The van der Waals surface area contributed by atoms with E-state index >= 15 is 0 Å². The fourth-order valence-electron chi connectivity index (χ4n) is 2.91. The molecule has 1 aromatic heterocycles. The van der Waals surface area contributed by atoms with E-state index in [1.165, 1.54) is 0 Å². The predicted octanol–water partition coefficient (Wildman–Crippen LogP) is 0.884. The van der Waals surface area contributed by atoms with Crippen LogP contribution in [0.1, 0.15) is 18.4 Å². The van der Waals surface area contributed by atoms with Gasteiger partial charge in [-0.25, -0.2) is 4.98 Å². The Hall–Kier alpha value is -1.12. The van der Waals surface area contributed by atoms with E-state index in [-0.39, 0.29) is 42.9 Å². The summed E-state index contributed by atoms with van der Waals surface area (Å²) in [6, 6.07) is 3.94. The molecule has 0 bridgehead atoms. The SMILES string of the molecule is Cl.Cl.NC[C@H]1CC[C@@H](C(=O)NCc2ccnc(N3CCOCC3)c2)O1. The van der Waals surface area contributed by atoms with E-state index in [2.05, 4.69) is 15.2 Å². The number of amides is 1. The number of nitrogens with zero attached hydrogens (tertiary/aromatic N) is 2. The van der Waals surface area contributed by atoms with Crippen LogP contribution >= 0.6 is 24.8 Å². The normalized spacial score (nSPS) is 22.7. The van der Waals surface area contributed by atoms with Crippen molar-refractivity contribution in [2.75, 3.05) is 37.7 Å². The van der Waals surface area contributed by atoms with Gasteiger partial charge in [-0.15, -0.1) is 24.8 Å². The first kappa shape index (κ1) is 21.9. The Balaban J connectivity index is 0.00000156. The number of carbonyl (C=O) groups excluding carboxylic acids is 1. The zero-order valence-electron chi connectivity index (χ0n) is 14.1. The van der Waals surface area contributed by atoms with Gasteiger partial charge in [-0.2, -0.15) is 0 Å². The number of ether oxygens (including phenoxy) is 2. The van der Waals surface area contributed by atoms with Crippen LogP contribution in [0.2, 0.25) is 0 Å². The van der Waals surface area contributed by atoms with Crippen molar-refractivity contribution in [3.05, 3.63) is 23.9 Å². The lowest BCUT2D eigenvalue weighted by atomic mass is 10.2. The van der Waals surface area contributed by atoms with Crippen molar-refractivity contribution < 1.29 is 14.3 Å². The summed E-state index contributed by atoms with van der Waals surface area (Å²) in [5, 5.41) is 2.94. The van der Waals surface area contributed by atoms with Gasteiger partial charge in [-0.1, -0.05) is 0 Å². The van der Waals surface area contributed by atoms with Crippen molar-refractivity contribution in [3.8, 4) is 0 Å². The third kappa shape index (κ3) is 5.97. The summed E-state index contributed by atoms with van der Waals surface area (Å²) in [6.07, 6.45) is 3.01. The molecule has 1 amide bonds. The quantitative estimate of drug-likeness (QED) is 0.772. The van der Waals surface area contributed by atoms with Gasteiger partial charge in [-0.3, -0.25) is 4.79 Å². The highest BCUT2D eigenvalue weighted by atomic mass is 35.5. The van der Waals surface area contributed by atoms with Crippen molar-refractivity contribution in [2.45, 2.75) is 31.6 Å². The lowest BCUT2D eigenvalue weighted by molar-refractivity contribution is -0.132. The Labute approximate surface area is 160 Å². The second-order valence-corrected chi connectivity index (χ2v) is 5.90. The van der Waals surface area contributed by atoms with Crippen molar-refractivity contribution in [3.63, 3.8) is 0 Å². The Morgan fingerprint density at radius 1 is 1.32 bits per heavy atom. The molecule has 9 heteroatoms. The zero-order valence-corrected chi connectivity index (χ0v) is 15.7. The molecule has 0 spiro atoms. The van der Waals surface area contributed by atoms with E-state index in [1.807, 2.05) is 12.1 Å². The van der Waals surface area contributed by atoms with Crippen LogP contribution in [-0.2, 0) is 20.8 Å². The van der Waals surface area contributed by atoms with Crippen molar-refractivity contribution in [1.29, 1.82) is 0 Å². The highest BCUT2D eigenvalue weighted by Gasteiger charge is 2.29. The van der Waals surface area contributed by atoms with Gasteiger partial charge in [0.15, 0.2) is 0 Å². The molecule has 142 valence electrons. The summed E-state index contributed by atoms with van der Waals surface area (Å²) in [4.78, 5) is 18.8. The monoisotopic (exact) mass is 392 g/mol. The molecule has 0 saturated carbocycles. The van der Waals surface area contributed by atoms with Gasteiger partial charge in [0.05, 0.1) is 19.3 Å². The van der Waals surface area contributed by atoms with E-state index in [4.69, 9.17) is 15.2 Å². The highest BCUT2D eigenvalue weighted by molar-refractivity contribution is 5.85. The lowest BCUT2D eigenvalue weighted by Gasteiger charge is -2.28. The second kappa shape index (κ2) is 10.8. The Kier molecular flexibility index (Phi) is 9.45. The molecule has 3 N–H and O–H groups in total. The molecular formula is C16H26Cl2N4O3. The molecule has 2 aliphatic heterocycles.